The van der Waals surface area contributed by atoms with Crippen LogP contribution in [0.15, 0.2) is 53.0 Å². The van der Waals surface area contributed by atoms with E-state index in [1.807, 2.05) is 20.8 Å². The molecule has 1 N–H and O–H groups in total. The molecule has 41 heavy (non-hydrogen) atoms. The van der Waals surface area contributed by atoms with Gasteiger partial charge in [0.1, 0.15) is 19.0 Å². The third kappa shape index (κ3) is 4.24. The first-order chi connectivity index (χ1) is 19.2. The second-order valence-corrected chi connectivity index (χ2v) is 14.3. The lowest BCUT2D eigenvalue weighted by molar-refractivity contribution is -0.242. The van der Waals surface area contributed by atoms with Gasteiger partial charge in [0.05, 0.1) is 11.0 Å². The Morgan fingerprint density at radius 1 is 1.17 bits per heavy atom. The first-order valence-electron chi connectivity index (χ1n) is 14.1. The van der Waals surface area contributed by atoms with Crippen LogP contribution in [0.25, 0.3) is 0 Å². The highest BCUT2D eigenvalue weighted by Gasteiger charge is 2.76. The van der Waals surface area contributed by atoms with Gasteiger partial charge >= 0.3 is 0 Å². The van der Waals surface area contributed by atoms with Gasteiger partial charge in [-0.15, -0.1) is 0 Å². The number of allylic oxidation sites excluding steroid dienone is 4. The number of aliphatic hydroxyl groups is 1. The maximum Gasteiger partial charge on any atom is 0.297 e. The van der Waals surface area contributed by atoms with Crippen molar-refractivity contribution in [3.05, 3.63) is 53.6 Å². The summed E-state index contributed by atoms with van der Waals surface area (Å²) in [6.07, 6.45) is 4.19. The van der Waals surface area contributed by atoms with Crippen molar-refractivity contribution in [2.75, 3.05) is 20.5 Å². The molecule has 5 rings (SSSR count). The van der Waals surface area contributed by atoms with Crippen molar-refractivity contribution in [1.29, 1.82) is 0 Å². The summed E-state index contributed by atoms with van der Waals surface area (Å²) in [5, 5.41) is 11.7. The summed E-state index contributed by atoms with van der Waals surface area (Å²) in [5.74, 6) is -2.23. The summed E-state index contributed by atoms with van der Waals surface area (Å²) >= 11 is 0. The molecular weight excluding hydrogens is 551 g/mol. The molecule has 0 bridgehead atoms. The van der Waals surface area contributed by atoms with E-state index in [9.17, 15) is 23.1 Å². The minimum Gasteiger partial charge on any atom is -0.390 e. The predicted octanol–water partition coefficient (Wildman–Crippen LogP) is 4.25. The second-order valence-electron chi connectivity index (χ2n) is 12.6. The summed E-state index contributed by atoms with van der Waals surface area (Å²) in [4.78, 5) is 26.2. The normalized spacial score (nSPS) is 40.0. The number of carbonyl (C=O) groups excluding carboxylic acids is 2. The number of alkyl halides is 1. The number of ketones is 2. The van der Waals surface area contributed by atoms with E-state index in [0.29, 0.717) is 24.8 Å². The molecule has 1 aromatic rings. The van der Waals surface area contributed by atoms with Crippen molar-refractivity contribution in [2.45, 2.75) is 75.6 Å². The molecule has 0 aliphatic heterocycles. The van der Waals surface area contributed by atoms with Crippen LogP contribution in [-0.2, 0) is 33.4 Å². The zero-order chi connectivity index (χ0) is 30.0. The van der Waals surface area contributed by atoms with Gasteiger partial charge in [0.15, 0.2) is 17.2 Å². The largest absolute Gasteiger partial charge is 0.390 e. The molecular formula is C31H39FO8S. The molecule has 0 amide bonds. The molecule has 0 heterocycles. The number of hydrogen-bond acceptors (Lipinski definition) is 8. The van der Waals surface area contributed by atoms with Gasteiger partial charge in [-0.25, -0.2) is 4.39 Å². The number of benzene rings is 1. The molecule has 224 valence electrons. The van der Waals surface area contributed by atoms with E-state index in [1.54, 1.807) is 25.1 Å². The fraction of sp³-hybridized carbons (Fsp3) is 0.613. The van der Waals surface area contributed by atoms with E-state index in [0.717, 1.165) is 5.56 Å². The van der Waals surface area contributed by atoms with Crippen LogP contribution in [0.3, 0.4) is 0 Å². The average molecular weight is 591 g/mol. The molecule has 4 aliphatic carbocycles. The highest BCUT2D eigenvalue weighted by molar-refractivity contribution is 7.86. The minimum absolute atomic E-state index is 0.0695. The van der Waals surface area contributed by atoms with Crippen LogP contribution in [0.1, 0.15) is 52.0 Å². The van der Waals surface area contributed by atoms with Gasteiger partial charge in [0.25, 0.3) is 10.1 Å². The number of aliphatic hydroxyl groups excluding tert-OH is 1. The van der Waals surface area contributed by atoms with Gasteiger partial charge in [-0.05, 0) is 75.7 Å². The summed E-state index contributed by atoms with van der Waals surface area (Å²) in [6, 6.07) is 6.11. The third-order valence-corrected chi connectivity index (χ3v) is 11.9. The van der Waals surface area contributed by atoms with Crippen molar-refractivity contribution >= 4 is 21.7 Å². The number of rotatable bonds is 8. The maximum atomic E-state index is 17.5. The van der Waals surface area contributed by atoms with Gasteiger partial charge < -0.3 is 14.6 Å². The average Bonchev–Trinajstić information content (AvgIpc) is 3.14. The molecule has 3 saturated carbocycles. The number of halogens is 1. The third-order valence-electron chi connectivity index (χ3n) is 10.7. The van der Waals surface area contributed by atoms with E-state index >= 15 is 4.39 Å². The summed E-state index contributed by atoms with van der Waals surface area (Å²) in [6.45, 7) is 6.22. The quantitative estimate of drug-likeness (QED) is 0.353. The van der Waals surface area contributed by atoms with E-state index in [-0.39, 0.29) is 29.8 Å². The molecule has 8 nitrogen and oxygen atoms in total. The van der Waals surface area contributed by atoms with E-state index in [1.165, 1.54) is 31.4 Å². The van der Waals surface area contributed by atoms with Gasteiger partial charge in [0, 0.05) is 23.9 Å². The maximum absolute atomic E-state index is 17.5. The van der Waals surface area contributed by atoms with E-state index in [4.69, 9.17) is 13.7 Å². The number of aryl methyl sites for hydroxylation is 1. The van der Waals surface area contributed by atoms with Crippen LogP contribution in [0.2, 0.25) is 0 Å². The van der Waals surface area contributed by atoms with Crippen molar-refractivity contribution in [3.63, 3.8) is 0 Å². The topological polar surface area (TPSA) is 116 Å². The second kappa shape index (κ2) is 10.2. The van der Waals surface area contributed by atoms with Crippen molar-refractivity contribution in [3.8, 4) is 0 Å². The highest BCUT2D eigenvalue weighted by Crippen LogP contribution is 2.71. The zero-order valence-corrected chi connectivity index (χ0v) is 25.0. The molecule has 3 fully saturated rings. The van der Waals surface area contributed by atoms with Crippen molar-refractivity contribution in [2.24, 2.45) is 28.6 Å². The number of fused-ring (bicyclic) bond motifs is 5. The molecule has 4 aliphatic rings. The Hall–Kier alpha value is -2.24. The zero-order valence-electron chi connectivity index (χ0n) is 24.2. The molecule has 1 aromatic carbocycles. The number of hydrogen-bond donors (Lipinski definition) is 1. The number of carbonyl (C=O) groups is 2. The molecule has 0 aromatic heterocycles. The predicted molar refractivity (Wildman–Crippen MR) is 148 cm³/mol. The summed E-state index contributed by atoms with van der Waals surface area (Å²) < 4.78 is 60.1. The Morgan fingerprint density at radius 3 is 2.51 bits per heavy atom. The summed E-state index contributed by atoms with van der Waals surface area (Å²) in [7, 11) is -2.82. The van der Waals surface area contributed by atoms with E-state index < -0.39 is 62.5 Å². The van der Waals surface area contributed by atoms with Gasteiger partial charge in [0.2, 0.25) is 0 Å². The monoisotopic (exact) mass is 590 g/mol. The fourth-order valence-corrected chi connectivity index (χ4v) is 9.54. The van der Waals surface area contributed by atoms with Crippen molar-refractivity contribution in [1.82, 2.24) is 0 Å². The standard InChI is InChI=1S/C31H39FO8S/c1-19-6-9-23(10-7-19)41(36,37)40-17-27(35)31(39-18-38-5)20(2)14-25-24-11-8-21-15-22(33)12-13-28(21,3)30(24,32)26(34)16-29(25,31)4/h6-7,9-10,12-13,15,20,24-26,34H,8,11,14,16-18H2,1-5H3/t20?,24-,25-,26?,28-,29-,30-,31-/m0/s1. The minimum atomic E-state index is -4.24. The lowest BCUT2D eigenvalue weighted by atomic mass is 9.44. The molecule has 8 atom stereocenters. The number of methoxy groups -OCH3 is 1. The number of Topliss-reactive ketones (excluding diaryl/α,β-unsaturated/α-hetero) is 1. The Balaban J connectivity index is 1.51. The Labute approximate surface area is 241 Å². The fourth-order valence-electron chi connectivity index (χ4n) is 8.68. The van der Waals surface area contributed by atoms with Crippen LogP contribution >= 0.6 is 0 Å². The van der Waals surface area contributed by atoms with E-state index in [2.05, 4.69) is 0 Å². The molecule has 2 unspecified atom stereocenters. The highest BCUT2D eigenvalue weighted by atomic mass is 32.2. The smallest absolute Gasteiger partial charge is 0.297 e. The molecule has 0 saturated heterocycles. The van der Waals surface area contributed by atoms with Crippen LogP contribution < -0.4 is 0 Å². The SMILES string of the molecule is COCO[C@]1(C(=O)COS(=O)(=O)c2ccc(C)cc2)C(C)C[C@H]2[C@@H]3CCC4=CC(=O)C=C[C@]4(C)[C@@]3(F)C(O)C[C@@]21C. The first kappa shape index (κ1) is 30.2. The van der Waals surface area contributed by atoms with Crippen LogP contribution in [0, 0.1) is 35.5 Å². The van der Waals surface area contributed by atoms with Gasteiger partial charge in [-0.1, -0.05) is 43.2 Å². The van der Waals surface area contributed by atoms with Crippen LogP contribution in [0.4, 0.5) is 4.39 Å². The Bertz CT molecular complexity index is 1400. The van der Waals surface area contributed by atoms with Crippen molar-refractivity contribution < 1.29 is 41.2 Å². The van der Waals surface area contributed by atoms with Crippen LogP contribution in [-0.4, -0.2) is 63.0 Å². The van der Waals surface area contributed by atoms with Gasteiger partial charge in [-0.2, -0.15) is 8.42 Å². The van der Waals surface area contributed by atoms with Crippen LogP contribution in [0.5, 0.6) is 0 Å². The Kier molecular flexibility index (Phi) is 7.51. The lowest BCUT2D eigenvalue weighted by Crippen LogP contribution is -2.70. The lowest BCUT2D eigenvalue weighted by Gasteiger charge is -2.63. The molecule has 0 radical (unpaired) electrons. The van der Waals surface area contributed by atoms with Gasteiger partial charge in [-0.3, -0.25) is 13.8 Å². The number of ether oxygens (including phenoxy) is 2. The summed E-state index contributed by atoms with van der Waals surface area (Å²) in [5.41, 5.74) is -4.32. The molecule has 0 spiro atoms. The first-order valence-corrected chi connectivity index (χ1v) is 15.5. The molecule has 10 heteroatoms. The Morgan fingerprint density at radius 2 is 1.85 bits per heavy atom.